The highest BCUT2D eigenvalue weighted by molar-refractivity contribution is 7.99. The zero-order valence-electron chi connectivity index (χ0n) is 16.3. The maximum Gasteiger partial charge on any atom is 0.277 e. The summed E-state index contributed by atoms with van der Waals surface area (Å²) in [5.74, 6) is -1.11. The Kier molecular flexibility index (Phi) is 6.88. The number of methoxy groups -OCH3 is 1. The maximum absolute atomic E-state index is 13.0. The van der Waals surface area contributed by atoms with Gasteiger partial charge in [-0.05, 0) is 36.4 Å². The number of halogens is 1. The first-order valence-electron chi connectivity index (χ1n) is 8.89. The molecule has 2 amide bonds. The Morgan fingerprint density at radius 3 is 2.61 bits per heavy atom. The zero-order chi connectivity index (χ0) is 22.4. The summed E-state index contributed by atoms with van der Waals surface area (Å²) < 4.78 is 18.1. The van der Waals surface area contributed by atoms with Crippen LogP contribution in [0.5, 0.6) is 5.75 Å². The van der Waals surface area contributed by atoms with Crippen molar-refractivity contribution in [2.24, 2.45) is 0 Å². The van der Waals surface area contributed by atoms with Gasteiger partial charge in [-0.2, -0.15) is 0 Å². The predicted octanol–water partition coefficient (Wildman–Crippen LogP) is 2.48. The maximum atomic E-state index is 13.0. The van der Waals surface area contributed by atoms with Crippen LogP contribution < -0.4 is 26.7 Å². The van der Waals surface area contributed by atoms with Crippen LogP contribution in [0.15, 0.2) is 58.5 Å². The summed E-state index contributed by atoms with van der Waals surface area (Å²) >= 11 is 0.967. The van der Waals surface area contributed by atoms with Crippen molar-refractivity contribution in [3.8, 4) is 5.75 Å². The number of nitrogens with two attached hydrogens (primary N) is 1. The van der Waals surface area contributed by atoms with Gasteiger partial charge in [0.25, 0.3) is 11.5 Å². The van der Waals surface area contributed by atoms with Crippen LogP contribution in [0.25, 0.3) is 0 Å². The Balaban J connectivity index is 1.63. The molecule has 160 valence electrons. The number of carbonyl (C=O) groups excluding carboxylic acids is 2. The minimum atomic E-state index is -0.682. The molecule has 0 saturated heterocycles. The number of carbonyl (C=O) groups is 2. The highest BCUT2D eigenvalue weighted by Gasteiger charge is 2.15. The van der Waals surface area contributed by atoms with Crippen LogP contribution in [0.1, 0.15) is 10.4 Å². The summed E-state index contributed by atoms with van der Waals surface area (Å²) in [6.45, 7) is 0. The monoisotopic (exact) mass is 443 g/mol. The number of amides is 2. The quantitative estimate of drug-likeness (QED) is 0.325. The number of rotatable bonds is 7. The number of aromatic nitrogens is 2. The van der Waals surface area contributed by atoms with E-state index in [0.29, 0.717) is 11.4 Å². The summed E-state index contributed by atoms with van der Waals surface area (Å²) in [5.41, 5.74) is 5.59. The first-order chi connectivity index (χ1) is 14.9. The number of hydrogen-bond donors (Lipinski definition) is 4. The minimum absolute atomic E-state index is 0.0408. The Hall–Kier alpha value is -3.86. The van der Waals surface area contributed by atoms with E-state index in [1.54, 1.807) is 24.3 Å². The van der Waals surface area contributed by atoms with E-state index in [1.165, 1.54) is 19.2 Å². The van der Waals surface area contributed by atoms with Gasteiger partial charge in [-0.1, -0.05) is 17.8 Å². The minimum Gasteiger partial charge on any atom is -0.497 e. The molecule has 0 aliphatic rings. The van der Waals surface area contributed by atoms with Gasteiger partial charge < -0.3 is 21.1 Å². The van der Waals surface area contributed by atoms with Gasteiger partial charge in [0.05, 0.1) is 12.9 Å². The van der Waals surface area contributed by atoms with Crippen molar-refractivity contribution >= 4 is 40.8 Å². The summed E-state index contributed by atoms with van der Waals surface area (Å²) in [5, 5.41) is 5.17. The average molecular weight is 443 g/mol. The largest absolute Gasteiger partial charge is 0.497 e. The van der Waals surface area contributed by atoms with Crippen molar-refractivity contribution in [1.29, 1.82) is 0 Å². The third-order valence-corrected chi connectivity index (χ3v) is 4.84. The highest BCUT2D eigenvalue weighted by atomic mass is 32.2. The predicted molar refractivity (Wildman–Crippen MR) is 116 cm³/mol. The SMILES string of the molecule is COc1cccc(NC(=O)CSc2nc(N)c(NC(=O)c3ccc(F)cc3)c(=O)[nH]2)c1. The van der Waals surface area contributed by atoms with E-state index >= 15 is 0 Å². The fourth-order valence-electron chi connectivity index (χ4n) is 2.48. The molecule has 11 heteroatoms. The lowest BCUT2D eigenvalue weighted by molar-refractivity contribution is -0.113. The molecule has 3 rings (SSSR count). The van der Waals surface area contributed by atoms with Crippen molar-refractivity contribution in [3.63, 3.8) is 0 Å². The number of nitrogens with zero attached hydrogens (tertiary/aromatic N) is 1. The molecule has 1 heterocycles. The lowest BCUT2D eigenvalue weighted by Crippen LogP contribution is -2.23. The Morgan fingerprint density at radius 1 is 1.19 bits per heavy atom. The third-order valence-electron chi connectivity index (χ3n) is 3.96. The number of nitrogens with one attached hydrogen (secondary N) is 3. The van der Waals surface area contributed by atoms with Crippen molar-refractivity contribution in [2.45, 2.75) is 5.16 Å². The number of thioether (sulfide) groups is 1. The van der Waals surface area contributed by atoms with Crippen LogP contribution in [0.3, 0.4) is 0 Å². The van der Waals surface area contributed by atoms with E-state index in [1.807, 2.05) is 0 Å². The number of anilines is 3. The number of nitrogen functional groups attached to an aromatic ring is 1. The molecule has 0 unspecified atom stereocenters. The van der Waals surface area contributed by atoms with Gasteiger partial charge >= 0.3 is 0 Å². The molecule has 2 aromatic carbocycles. The Bertz CT molecular complexity index is 1170. The summed E-state index contributed by atoms with van der Waals surface area (Å²) in [6.07, 6.45) is 0. The van der Waals surface area contributed by atoms with Gasteiger partial charge in [0.15, 0.2) is 11.0 Å². The molecule has 0 aliphatic heterocycles. The van der Waals surface area contributed by atoms with Gasteiger partial charge in [-0.15, -0.1) is 0 Å². The van der Waals surface area contributed by atoms with Gasteiger partial charge in [0.2, 0.25) is 5.91 Å². The number of hydrogen-bond acceptors (Lipinski definition) is 7. The van der Waals surface area contributed by atoms with Crippen molar-refractivity contribution in [2.75, 3.05) is 29.2 Å². The third kappa shape index (κ3) is 5.82. The molecule has 0 aliphatic carbocycles. The second-order valence-corrected chi connectivity index (χ2v) is 7.13. The smallest absolute Gasteiger partial charge is 0.277 e. The molecule has 0 saturated carbocycles. The average Bonchev–Trinajstić information content (AvgIpc) is 2.75. The van der Waals surface area contributed by atoms with Gasteiger partial charge in [0, 0.05) is 17.3 Å². The number of ether oxygens (including phenoxy) is 1. The molecule has 0 atom stereocenters. The molecule has 31 heavy (non-hydrogen) atoms. The van der Waals surface area contributed by atoms with E-state index in [-0.39, 0.29) is 33.9 Å². The molecule has 0 bridgehead atoms. The molecule has 0 fully saturated rings. The van der Waals surface area contributed by atoms with Gasteiger partial charge in [-0.3, -0.25) is 19.4 Å². The van der Waals surface area contributed by atoms with Crippen molar-refractivity contribution < 1.29 is 18.7 Å². The molecule has 0 radical (unpaired) electrons. The first-order valence-corrected chi connectivity index (χ1v) is 9.87. The Morgan fingerprint density at radius 2 is 1.94 bits per heavy atom. The number of H-pyrrole nitrogens is 1. The Labute approximate surface area is 180 Å². The molecular weight excluding hydrogens is 425 g/mol. The topological polar surface area (TPSA) is 139 Å². The van der Waals surface area contributed by atoms with E-state index < -0.39 is 17.3 Å². The fraction of sp³-hybridized carbons (Fsp3) is 0.100. The fourth-order valence-corrected chi connectivity index (χ4v) is 3.14. The second kappa shape index (κ2) is 9.76. The van der Waals surface area contributed by atoms with Crippen LogP contribution in [0.2, 0.25) is 0 Å². The molecule has 0 spiro atoms. The van der Waals surface area contributed by atoms with Crippen LogP contribution in [-0.4, -0.2) is 34.6 Å². The van der Waals surface area contributed by atoms with E-state index in [4.69, 9.17) is 10.5 Å². The lowest BCUT2D eigenvalue weighted by Gasteiger charge is -2.09. The van der Waals surface area contributed by atoms with Gasteiger partial charge in [-0.25, -0.2) is 9.37 Å². The summed E-state index contributed by atoms with van der Waals surface area (Å²) in [7, 11) is 1.52. The van der Waals surface area contributed by atoms with Crippen LogP contribution in [-0.2, 0) is 4.79 Å². The van der Waals surface area contributed by atoms with E-state index in [9.17, 15) is 18.8 Å². The highest BCUT2D eigenvalue weighted by Crippen LogP contribution is 2.19. The van der Waals surface area contributed by atoms with Gasteiger partial charge in [0.1, 0.15) is 17.3 Å². The zero-order valence-corrected chi connectivity index (χ0v) is 17.1. The number of aromatic amines is 1. The second-order valence-electron chi connectivity index (χ2n) is 6.16. The molecule has 1 aromatic heterocycles. The number of benzene rings is 2. The summed E-state index contributed by atoms with van der Waals surface area (Å²) in [4.78, 5) is 43.1. The van der Waals surface area contributed by atoms with Crippen LogP contribution >= 0.6 is 11.8 Å². The lowest BCUT2D eigenvalue weighted by atomic mass is 10.2. The standard InChI is InChI=1S/C20H18FN5O4S/c1-30-14-4-2-3-13(9-14)23-15(27)10-31-20-25-17(22)16(19(29)26-20)24-18(28)11-5-7-12(21)8-6-11/h2-9H,10H2,1H3,(H,23,27)(H,24,28)(H3,22,25,26,29). The van der Waals surface area contributed by atoms with Crippen LogP contribution in [0.4, 0.5) is 21.6 Å². The van der Waals surface area contributed by atoms with Crippen molar-refractivity contribution in [1.82, 2.24) is 9.97 Å². The normalized spacial score (nSPS) is 10.4. The molecule has 3 aromatic rings. The molecule has 5 N–H and O–H groups in total. The van der Waals surface area contributed by atoms with Crippen molar-refractivity contribution in [3.05, 3.63) is 70.3 Å². The first kappa shape index (κ1) is 21.8. The van der Waals surface area contributed by atoms with E-state index in [0.717, 1.165) is 23.9 Å². The molecule has 9 nitrogen and oxygen atoms in total. The summed E-state index contributed by atoms with van der Waals surface area (Å²) in [6, 6.07) is 11.6. The van der Waals surface area contributed by atoms with E-state index in [2.05, 4.69) is 20.6 Å². The van der Waals surface area contributed by atoms with Crippen LogP contribution in [0, 0.1) is 5.82 Å². The molecular formula is C20H18FN5O4S.